The Kier molecular flexibility index (Phi) is 5.06. The first-order valence-electron chi connectivity index (χ1n) is 10.4. The van der Waals surface area contributed by atoms with Crippen LogP contribution in [0, 0.1) is 0 Å². The molecule has 1 saturated heterocycles. The first-order valence-corrected chi connectivity index (χ1v) is 12.2. The molecule has 7 heteroatoms. The number of hydrogen-bond donors (Lipinski definition) is 0. The number of benzene rings is 3. The molecule has 2 atom stereocenters. The number of sulfone groups is 1. The first-order chi connectivity index (χ1) is 15.0. The molecule has 0 aromatic heterocycles. The normalized spacial score (nSPS) is 21.7. The summed E-state index contributed by atoms with van der Waals surface area (Å²) in [6.07, 6.45) is -0.378. The lowest BCUT2D eigenvalue weighted by atomic mass is 10.0. The third-order valence-corrected chi connectivity index (χ3v) is 7.69. The Morgan fingerprint density at radius 2 is 1.71 bits per heavy atom. The van der Waals surface area contributed by atoms with Crippen LogP contribution in [0.5, 0.6) is 11.5 Å². The maximum absolute atomic E-state index is 13.6. The van der Waals surface area contributed by atoms with E-state index in [0.717, 1.165) is 16.3 Å². The van der Waals surface area contributed by atoms with Crippen LogP contribution in [0.15, 0.2) is 66.7 Å². The molecule has 6 nitrogen and oxygen atoms in total. The molecule has 160 valence electrons. The van der Waals surface area contributed by atoms with Crippen molar-refractivity contribution >= 4 is 26.5 Å². The molecule has 0 saturated carbocycles. The van der Waals surface area contributed by atoms with Gasteiger partial charge in [0, 0.05) is 12.6 Å². The monoisotopic (exact) mass is 437 g/mol. The summed E-state index contributed by atoms with van der Waals surface area (Å²) in [7, 11) is -3.15. The summed E-state index contributed by atoms with van der Waals surface area (Å²) in [6, 6.07) is 20.8. The SMILES string of the molecule is O=C(C1COc2ccccc2O1)N(Cc1cccc2ccccc12)C1CCS(=O)(=O)C1. The average molecular weight is 438 g/mol. The maximum atomic E-state index is 13.6. The zero-order valence-electron chi connectivity index (χ0n) is 16.9. The molecule has 0 radical (unpaired) electrons. The fourth-order valence-corrected chi connectivity index (χ4v) is 6.08. The Bertz CT molecular complexity index is 1230. The van der Waals surface area contributed by atoms with Gasteiger partial charge in [-0.05, 0) is 34.9 Å². The second kappa shape index (κ2) is 7.89. The highest BCUT2D eigenvalue weighted by molar-refractivity contribution is 7.91. The molecule has 0 bridgehead atoms. The van der Waals surface area contributed by atoms with E-state index in [-0.39, 0.29) is 30.1 Å². The Morgan fingerprint density at radius 1 is 0.968 bits per heavy atom. The molecule has 1 amide bonds. The summed E-state index contributed by atoms with van der Waals surface area (Å²) >= 11 is 0. The van der Waals surface area contributed by atoms with E-state index in [0.29, 0.717) is 24.5 Å². The number of carbonyl (C=O) groups excluding carboxylic acids is 1. The number of carbonyl (C=O) groups is 1. The van der Waals surface area contributed by atoms with Crippen LogP contribution in [0.4, 0.5) is 0 Å². The number of amides is 1. The van der Waals surface area contributed by atoms with Crippen LogP contribution < -0.4 is 9.47 Å². The highest BCUT2D eigenvalue weighted by Gasteiger charge is 2.39. The minimum Gasteiger partial charge on any atom is -0.485 e. The van der Waals surface area contributed by atoms with Gasteiger partial charge in [-0.15, -0.1) is 0 Å². The van der Waals surface area contributed by atoms with Crippen LogP contribution in [0.3, 0.4) is 0 Å². The van der Waals surface area contributed by atoms with Crippen molar-refractivity contribution in [1.29, 1.82) is 0 Å². The van der Waals surface area contributed by atoms with Gasteiger partial charge in [0.1, 0.15) is 6.61 Å². The Hall–Kier alpha value is -3.06. The van der Waals surface area contributed by atoms with E-state index in [9.17, 15) is 13.2 Å². The number of hydrogen-bond acceptors (Lipinski definition) is 5. The third-order valence-electron chi connectivity index (χ3n) is 5.94. The molecule has 0 spiro atoms. The lowest BCUT2D eigenvalue weighted by Gasteiger charge is -2.34. The summed E-state index contributed by atoms with van der Waals surface area (Å²) < 4.78 is 36.0. The predicted octanol–water partition coefficient (Wildman–Crippen LogP) is 3.20. The van der Waals surface area contributed by atoms with Crippen molar-refractivity contribution in [2.75, 3.05) is 18.1 Å². The zero-order chi connectivity index (χ0) is 21.4. The van der Waals surface area contributed by atoms with Crippen molar-refractivity contribution in [1.82, 2.24) is 4.90 Å². The van der Waals surface area contributed by atoms with Gasteiger partial charge in [-0.3, -0.25) is 4.79 Å². The van der Waals surface area contributed by atoms with Crippen molar-refractivity contribution in [3.63, 3.8) is 0 Å². The van der Waals surface area contributed by atoms with E-state index in [1.807, 2.05) is 54.6 Å². The molecule has 5 rings (SSSR count). The second-order valence-corrected chi connectivity index (χ2v) is 10.3. The number of rotatable bonds is 4. The fourth-order valence-electron chi connectivity index (χ4n) is 4.35. The number of fused-ring (bicyclic) bond motifs is 2. The van der Waals surface area contributed by atoms with Gasteiger partial charge >= 0.3 is 0 Å². The van der Waals surface area contributed by atoms with Gasteiger partial charge in [0.2, 0.25) is 6.10 Å². The topological polar surface area (TPSA) is 72.9 Å². The van der Waals surface area contributed by atoms with E-state index in [1.54, 1.807) is 17.0 Å². The van der Waals surface area contributed by atoms with Crippen LogP contribution in [-0.4, -0.2) is 49.5 Å². The molecular formula is C24H23NO5S. The van der Waals surface area contributed by atoms with Gasteiger partial charge in [0.25, 0.3) is 5.91 Å². The summed E-state index contributed by atoms with van der Waals surface area (Å²) in [6.45, 7) is 0.420. The molecule has 2 aliphatic rings. The number of nitrogens with zero attached hydrogens (tertiary/aromatic N) is 1. The van der Waals surface area contributed by atoms with Gasteiger partial charge < -0.3 is 14.4 Å². The maximum Gasteiger partial charge on any atom is 0.267 e. The lowest BCUT2D eigenvalue weighted by molar-refractivity contribution is -0.143. The Balaban J connectivity index is 1.47. The summed E-state index contributed by atoms with van der Waals surface area (Å²) in [5.74, 6) is 0.964. The van der Waals surface area contributed by atoms with E-state index < -0.39 is 15.9 Å². The second-order valence-electron chi connectivity index (χ2n) is 8.03. The van der Waals surface area contributed by atoms with Gasteiger partial charge in [0.15, 0.2) is 21.3 Å². The third kappa shape index (κ3) is 3.97. The minimum atomic E-state index is -3.15. The van der Waals surface area contributed by atoms with E-state index >= 15 is 0 Å². The highest BCUT2D eigenvalue weighted by atomic mass is 32.2. The van der Waals surface area contributed by atoms with E-state index in [1.165, 1.54) is 0 Å². The molecule has 2 unspecified atom stereocenters. The predicted molar refractivity (Wildman–Crippen MR) is 118 cm³/mol. The molecular weight excluding hydrogens is 414 g/mol. The standard InChI is InChI=1S/C24H23NO5S/c26-24(23-15-29-21-10-3-4-11-22(21)30-23)25(19-12-13-31(27,28)16-19)14-18-8-5-7-17-6-1-2-9-20(17)18/h1-11,19,23H,12-16H2. The summed E-state index contributed by atoms with van der Waals surface area (Å²) in [5, 5.41) is 2.13. The van der Waals surface area contributed by atoms with Crippen molar-refractivity contribution < 1.29 is 22.7 Å². The lowest BCUT2D eigenvalue weighted by Crippen LogP contribution is -2.50. The smallest absolute Gasteiger partial charge is 0.267 e. The first kappa shape index (κ1) is 19.9. The molecule has 2 heterocycles. The molecule has 1 fully saturated rings. The van der Waals surface area contributed by atoms with Crippen LogP contribution in [0.1, 0.15) is 12.0 Å². The summed E-state index contributed by atoms with van der Waals surface area (Å²) in [4.78, 5) is 15.2. The van der Waals surface area contributed by atoms with E-state index in [4.69, 9.17) is 9.47 Å². The van der Waals surface area contributed by atoms with Gasteiger partial charge in [0.05, 0.1) is 11.5 Å². The molecule has 3 aromatic carbocycles. The van der Waals surface area contributed by atoms with E-state index in [2.05, 4.69) is 0 Å². The van der Waals surface area contributed by atoms with Crippen LogP contribution in [0.25, 0.3) is 10.8 Å². The van der Waals surface area contributed by atoms with Crippen LogP contribution >= 0.6 is 0 Å². The molecule has 31 heavy (non-hydrogen) atoms. The summed E-state index contributed by atoms with van der Waals surface area (Å²) in [5.41, 5.74) is 0.980. The average Bonchev–Trinajstić information content (AvgIpc) is 3.16. The molecule has 2 aliphatic heterocycles. The number of para-hydroxylation sites is 2. The molecule has 0 aliphatic carbocycles. The van der Waals surface area contributed by atoms with Gasteiger partial charge in [-0.25, -0.2) is 8.42 Å². The van der Waals surface area contributed by atoms with Crippen molar-refractivity contribution in [2.24, 2.45) is 0 Å². The minimum absolute atomic E-state index is 0.0202. The van der Waals surface area contributed by atoms with Gasteiger partial charge in [-0.2, -0.15) is 0 Å². The zero-order valence-corrected chi connectivity index (χ0v) is 17.8. The quantitative estimate of drug-likeness (QED) is 0.627. The highest BCUT2D eigenvalue weighted by Crippen LogP contribution is 2.32. The fraction of sp³-hybridized carbons (Fsp3) is 0.292. The molecule has 3 aromatic rings. The number of ether oxygens (including phenoxy) is 2. The van der Waals surface area contributed by atoms with Crippen molar-refractivity contribution in [3.05, 3.63) is 72.3 Å². The van der Waals surface area contributed by atoms with Gasteiger partial charge in [-0.1, -0.05) is 54.6 Å². The van der Waals surface area contributed by atoms with Crippen molar-refractivity contribution in [2.45, 2.75) is 25.1 Å². The van der Waals surface area contributed by atoms with Crippen molar-refractivity contribution in [3.8, 4) is 11.5 Å². The van der Waals surface area contributed by atoms with Crippen LogP contribution in [-0.2, 0) is 21.2 Å². The molecule has 0 N–H and O–H groups in total. The largest absolute Gasteiger partial charge is 0.485 e. The Labute approximate surface area is 181 Å². The Morgan fingerprint density at radius 3 is 2.52 bits per heavy atom. The van der Waals surface area contributed by atoms with Crippen LogP contribution in [0.2, 0.25) is 0 Å².